The summed E-state index contributed by atoms with van der Waals surface area (Å²) in [6.07, 6.45) is 2.69. The minimum atomic E-state index is -0.421. The summed E-state index contributed by atoms with van der Waals surface area (Å²) in [5.41, 5.74) is 0.142. The van der Waals surface area contributed by atoms with Crippen LogP contribution in [-0.2, 0) is 0 Å². The van der Waals surface area contributed by atoms with E-state index in [-0.39, 0.29) is 17.5 Å². The summed E-state index contributed by atoms with van der Waals surface area (Å²) < 4.78 is 0.592. The van der Waals surface area contributed by atoms with Gasteiger partial charge in [0.25, 0.3) is 5.69 Å². The highest BCUT2D eigenvalue weighted by Crippen LogP contribution is 2.20. The molecule has 2 unspecified atom stereocenters. The number of pyridine rings is 1. The van der Waals surface area contributed by atoms with Gasteiger partial charge in [0.1, 0.15) is 0 Å². The zero-order chi connectivity index (χ0) is 13.1. The van der Waals surface area contributed by atoms with Crippen LogP contribution in [0, 0.1) is 11.1 Å². The first-order valence-corrected chi connectivity index (χ1v) is 6.25. The molecule has 1 N–H and O–H groups in total. The van der Waals surface area contributed by atoms with Gasteiger partial charge in [-0.1, -0.05) is 0 Å². The molecule has 0 radical (unpaired) electrons. The Labute approximate surface area is 106 Å². The Bertz CT molecular complexity index is 434. The Kier molecular flexibility index (Phi) is 3.81. The maximum Gasteiger partial charge on any atom is 0.319 e. The van der Waals surface area contributed by atoms with Crippen LogP contribution >= 0.6 is 0 Å². The molecular weight excluding hydrogens is 232 g/mol. The monoisotopic (exact) mass is 250 g/mol. The zero-order valence-corrected chi connectivity index (χ0v) is 10.5. The fourth-order valence-corrected chi connectivity index (χ4v) is 2.34. The smallest absolute Gasteiger partial charge is 0.319 e. The number of carbonyl (C=O) groups excluding carboxylic acids is 1. The van der Waals surface area contributed by atoms with Crippen LogP contribution in [0.25, 0.3) is 0 Å². The van der Waals surface area contributed by atoms with Crippen LogP contribution in [0.5, 0.6) is 0 Å². The van der Waals surface area contributed by atoms with E-state index in [2.05, 4.69) is 0 Å². The molecule has 0 aliphatic carbocycles. The molecule has 5 nitrogen and oxygen atoms in total. The molecule has 1 aliphatic heterocycles. The van der Waals surface area contributed by atoms with Crippen LogP contribution in [0.2, 0.25) is 0 Å². The van der Waals surface area contributed by atoms with E-state index in [1.807, 2.05) is 0 Å². The molecule has 1 amide bonds. The molecule has 1 aromatic rings. The second kappa shape index (κ2) is 5.35. The Morgan fingerprint density at radius 3 is 3.06 bits per heavy atom. The molecule has 0 aromatic carbocycles. The minimum Gasteiger partial charge on any atom is -0.618 e. The van der Waals surface area contributed by atoms with Gasteiger partial charge >= 0.3 is 5.91 Å². The fraction of sp³-hybridized carbons (Fsp3) is 0.538. The highest BCUT2D eigenvalue weighted by atomic mass is 16.5. The zero-order valence-electron chi connectivity index (χ0n) is 10.5. The molecule has 2 rings (SSSR count). The van der Waals surface area contributed by atoms with E-state index in [1.54, 1.807) is 24.0 Å². The molecule has 0 bridgehead atoms. The van der Waals surface area contributed by atoms with Crippen LogP contribution in [0.15, 0.2) is 24.4 Å². The van der Waals surface area contributed by atoms with Crippen molar-refractivity contribution in [2.75, 3.05) is 13.1 Å². The van der Waals surface area contributed by atoms with Crippen LogP contribution in [0.3, 0.4) is 0 Å². The van der Waals surface area contributed by atoms with E-state index in [1.165, 1.54) is 12.3 Å². The van der Waals surface area contributed by atoms with E-state index in [9.17, 15) is 15.1 Å². The van der Waals surface area contributed by atoms with Gasteiger partial charge in [0, 0.05) is 31.1 Å². The summed E-state index contributed by atoms with van der Waals surface area (Å²) >= 11 is 0. The van der Waals surface area contributed by atoms with Crippen molar-refractivity contribution in [2.24, 2.45) is 5.92 Å². The lowest BCUT2D eigenvalue weighted by Crippen LogP contribution is -2.47. The van der Waals surface area contributed by atoms with Crippen molar-refractivity contribution in [3.63, 3.8) is 0 Å². The minimum absolute atomic E-state index is 0.103. The Morgan fingerprint density at radius 2 is 2.39 bits per heavy atom. The number of hydrogen-bond donors (Lipinski definition) is 1. The fourth-order valence-electron chi connectivity index (χ4n) is 2.34. The molecule has 1 fully saturated rings. The van der Waals surface area contributed by atoms with Crippen molar-refractivity contribution < 1.29 is 14.6 Å². The van der Waals surface area contributed by atoms with E-state index in [0.29, 0.717) is 17.8 Å². The van der Waals surface area contributed by atoms with Gasteiger partial charge in [0.2, 0.25) is 0 Å². The molecule has 18 heavy (non-hydrogen) atoms. The molecule has 2 atom stereocenters. The molecule has 0 spiro atoms. The van der Waals surface area contributed by atoms with Crippen molar-refractivity contribution in [2.45, 2.75) is 25.9 Å². The Hall–Kier alpha value is -1.62. The van der Waals surface area contributed by atoms with E-state index < -0.39 is 6.10 Å². The van der Waals surface area contributed by atoms with E-state index in [4.69, 9.17) is 0 Å². The molecule has 1 saturated heterocycles. The maximum absolute atomic E-state index is 12.2. The predicted molar refractivity (Wildman–Crippen MR) is 65.7 cm³/mol. The molecular formula is C13H18N2O3. The highest BCUT2D eigenvalue weighted by Gasteiger charge is 2.29. The van der Waals surface area contributed by atoms with Gasteiger partial charge in [-0.2, -0.15) is 4.73 Å². The third kappa shape index (κ3) is 2.61. The molecule has 2 heterocycles. The van der Waals surface area contributed by atoms with Gasteiger partial charge in [0.05, 0.1) is 6.10 Å². The number of hydrogen-bond acceptors (Lipinski definition) is 3. The molecule has 0 saturated carbocycles. The van der Waals surface area contributed by atoms with Crippen molar-refractivity contribution in [1.29, 1.82) is 0 Å². The third-order valence-electron chi connectivity index (χ3n) is 3.47. The van der Waals surface area contributed by atoms with E-state index >= 15 is 0 Å². The van der Waals surface area contributed by atoms with Crippen LogP contribution in [0.1, 0.15) is 30.3 Å². The van der Waals surface area contributed by atoms with Gasteiger partial charge in [-0.3, -0.25) is 4.79 Å². The standard InChI is InChI=1S/C13H18N2O3/c1-10(16)11-5-4-7-14(9-11)13(17)12-6-2-3-8-15(12)18/h2-3,6,8,10-11,16H,4-5,7,9H2,1H3. The third-order valence-corrected chi connectivity index (χ3v) is 3.47. The number of carbonyl (C=O) groups is 1. The van der Waals surface area contributed by atoms with Crippen LogP contribution in [0.4, 0.5) is 0 Å². The number of rotatable bonds is 2. The largest absolute Gasteiger partial charge is 0.618 e. The normalized spacial score (nSPS) is 21.7. The number of piperidine rings is 1. The van der Waals surface area contributed by atoms with Crippen molar-refractivity contribution in [3.8, 4) is 0 Å². The maximum atomic E-state index is 12.2. The van der Waals surface area contributed by atoms with Gasteiger partial charge in [0.15, 0.2) is 6.20 Å². The number of nitrogens with zero attached hydrogens (tertiary/aromatic N) is 2. The average molecular weight is 250 g/mol. The Balaban J connectivity index is 2.12. The quantitative estimate of drug-likeness (QED) is 0.616. The van der Waals surface area contributed by atoms with E-state index in [0.717, 1.165) is 12.8 Å². The van der Waals surface area contributed by atoms with Crippen LogP contribution in [-0.4, -0.2) is 35.1 Å². The topological polar surface area (TPSA) is 67.5 Å². The number of aliphatic hydroxyl groups excluding tert-OH is 1. The first-order valence-electron chi connectivity index (χ1n) is 6.25. The number of amides is 1. The summed E-state index contributed by atoms with van der Waals surface area (Å²) in [6, 6.07) is 4.80. The number of likely N-dealkylation sites (tertiary alicyclic amines) is 1. The van der Waals surface area contributed by atoms with Crippen molar-refractivity contribution in [1.82, 2.24) is 4.90 Å². The lowest BCUT2D eigenvalue weighted by atomic mass is 9.93. The first-order chi connectivity index (χ1) is 8.59. The van der Waals surface area contributed by atoms with Crippen molar-refractivity contribution >= 4 is 5.91 Å². The number of aliphatic hydroxyl groups is 1. The average Bonchev–Trinajstić information content (AvgIpc) is 2.38. The molecule has 5 heteroatoms. The highest BCUT2D eigenvalue weighted by molar-refractivity contribution is 5.91. The second-order valence-corrected chi connectivity index (χ2v) is 4.81. The van der Waals surface area contributed by atoms with Crippen LogP contribution < -0.4 is 4.73 Å². The molecule has 1 aromatic heterocycles. The predicted octanol–water partition coefficient (Wildman–Crippen LogP) is 0.553. The summed E-state index contributed by atoms with van der Waals surface area (Å²) in [5.74, 6) is -0.150. The summed E-state index contributed by atoms with van der Waals surface area (Å²) in [7, 11) is 0. The van der Waals surface area contributed by atoms with Gasteiger partial charge in [-0.15, -0.1) is 0 Å². The summed E-state index contributed by atoms with van der Waals surface area (Å²) in [6.45, 7) is 2.91. The van der Waals surface area contributed by atoms with Gasteiger partial charge in [-0.05, 0) is 25.8 Å². The first kappa shape index (κ1) is 12.8. The molecule has 98 valence electrons. The van der Waals surface area contributed by atoms with Gasteiger partial charge < -0.3 is 15.2 Å². The second-order valence-electron chi connectivity index (χ2n) is 4.81. The Morgan fingerprint density at radius 1 is 1.61 bits per heavy atom. The lowest BCUT2D eigenvalue weighted by molar-refractivity contribution is -0.608. The summed E-state index contributed by atoms with van der Waals surface area (Å²) in [5, 5.41) is 21.1. The number of aromatic nitrogens is 1. The van der Waals surface area contributed by atoms with Gasteiger partial charge in [-0.25, -0.2) is 0 Å². The summed E-state index contributed by atoms with van der Waals surface area (Å²) in [4.78, 5) is 13.9. The molecule has 1 aliphatic rings. The SMILES string of the molecule is CC(O)C1CCCN(C(=O)c2cccc[n+]2[O-])C1. The lowest BCUT2D eigenvalue weighted by Gasteiger charge is -2.33. The van der Waals surface area contributed by atoms with Crippen molar-refractivity contribution in [3.05, 3.63) is 35.3 Å².